The zero-order valence-electron chi connectivity index (χ0n) is 15.0. The molecule has 1 aromatic heterocycles. The maximum absolute atomic E-state index is 12.3. The van der Waals surface area contributed by atoms with Crippen molar-refractivity contribution in [2.45, 2.75) is 32.9 Å². The summed E-state index contributed by atoms with van der Waals surface area (Å²) in [5, 5.41) is 2.93. The van der Waals surface area contributed by atoms with E-state index in [2.05, 4.69) is 5.32 Å². The molecular weight excluding hydrogens is 304 g/mol. The number of amides is 1. The van der Waals surface area contributed by atoms with Gasteiger partial charge in [0.1, 0.15) is 11.5 Å². The average molecular weight is 330 g/mol. The lowest BCUT2D eigenvalue weighted by molar-refractivity contribution is -0.127. The number of furan rings is 1. The van der Waals surface area contributed by atoms with Gasteiger partial charge in [-0.1, -0.05) is 6.07 Å². The van der Waals surface area contributed by atoms with Gasteiger partial charge in [0, 0.05) is 6.54 Å². The highest BCUT2D eigenvalue weighted by Crippen LogP contribution is 2.19. The van der Waals surface area contributed by atoms with Crippen LogP contribution in [0.1, 0.15) is 29.9 Å². The lowest BCUT2D eigenvalue weighted by Gasteiger charge is -2.23. The number of rotatable bonds is 7. The van der Waals surface area contributed by atoms with Crippen molar-refractivity contribution in [3.63, 3.8) is 0 Å². The summed E-state index contributed by atoms with van der Waals surface area (Å²) < 4.78 is 11.2. The van der Waals surface area contributed by atoms with Gasteiger partial charge in [0.05, 0.1) is 12.3 Å². The van der Waals surface area contributed by atoms with E-state index in [1.54, 1.807) is 13.2 Å². The van der Waals surface area contributed by atoms with Crippen LogP contribution in [0.4, 0.5) is 0 Å². The molecule has 0 aliphatic carbocycles. The molecule has 1 amide bonds. The monoisotopic (exact) mass is 330 g/mol. The fraction of sp³-hybridized carbons (Fsp3) is 0.421. The third-order valence-corrected chi connectivity index (χ3v) is 4.13. The van der Waals surface area contributed by atoms with Crippen LogP contribution in [0, 0.1) is 13.8 Å². The molecule has 2 aromatic rings. The minimum absolute atomic E-state index is 0.0160. The second-order valence-electron chi connectivity index (χ2n) is 6.25. The van der Waals surface area contributed by atoms with E-state index in [1.807, 2.05) is 63.2 Å². The highest BCUT2D eigenvalue weighted by molar-refractivity contribution is 5.80. The molecular formula is C19H26N2O3. The van der Waals surface area contributed by atoms with Gasteiger partial charge in [0.15, 0.2) is 6.10 Å². The average Bonchev–Trinajstić information content (AvgIpc) is 3.04. The molecule has 0 aliphatic heterocycles. The topological polar surface area (TPSA) is 54.7 Å². The molecule has 130 valence electrons. The molecule has 2 atom stereocenters. The molecule has 1 aromatic carbocycles. The van der Waals surface area contributed by atoms with Crippen LogP contribution in [0.15, 0.2) is 41.0 Å². The normalized spacial score (nSPS) is 13.6. The number of aryl methyl sites for hydroxylation is 2. The molecule has 0 spiro atoms. The summed E-state index contributed by atoms with van der Waals surface area (Å²) in [5.74, 6) is 1.38. The SMILES string of the molecule is Cc1ccc(OC(C)C(=O)NCC(c2ccco2)N(C)C)cc1C. The van der Waals surface area contributed by atoms with Crippen molar-refractivity contribution in [1.82, 2.24) is 10.2 Å². The molecule has 0 saturated carbocycles. The van der Waals surface area contributed by atoms with Crippen LogP contribution >= 0.6 is 0 Å². The Labute approximate surface area is 143 Å². The van der Waals surface area contributed by atoms with Crippen molar-refractivity contribution >= 4 is 5.91 Å². The Morgan fingerprint density at radius 2 is 2.00 bits per heavy atom. The van der Waals surface area contributed by atoms with Crippen molar-refractivity contribution in [2.75, 3.05) is 20.6 Å². The van der Waals surface area contributed by atoms with E-state index < -0.39 is 6.10 Å². The van der Waals surface area contributed by atoms with Crippen LogP contribution in [0.2, 0.25) is 0 Å². The Bertz CT molecular complexity index is 665. The molecule has 24 heavy (non-hydrogen) atoms. The Morgan fingerprint density at radius 3 is 2.58 bits per heavy atom. The molecule has 0 aliphatic rings. The van der Waals surface area contributed by atoms with Crippen LogP contribution in [0.25, 0.3) is 0 Å². The Kier molecular flexibility index (Phi) is 6.04. The van der Waals surface area contributed by atoms with Crippen LogP contribution < -0.4 is 10.1 Å². The Morgan fingerprint density at radius 1 is 1.25 bits per heavy atom. The number of likely N-dealkylation sites (N-methyl/N-ethyl adjacent to an activating group) is 1. The first-order valence-electron chi connectivity index (χ1n) is 8.10. The van der Waals surface area contributed by atoms with Crippen molar-refractivity contribution < 1.29 is 13.9 Å². The van der Waals surface area contributed by atoms with E-state index in [0.29, 0.717) is 12.3 Å². The van der Waals surface area contributed by atoms with Gasteiger partial charge in [0.25, 0.3) is 5.91 Å². The van der Waals surface area contributed by atoms with Crippen LogP contribution in [0.3, 0.4) is 0 Å². The summed E-state index contributed by atoms with van der Waals surface area (Å²) in [4.78, 5) is 14.3. The van der Waals surface area contributed by atoms with Crippen LogP contribution in [0.5, 0.6) is 5.75 Å². The maximum atomic E-state index is 12.3. The van der Waals surface area contributed by atoms with Crippen LogP contribution in [-0.2, 0) is 4.79 Å². The van der Waals surface area contributed by atoms with Gasteiger partial charge in [0.2, 0.25) is 0 Å². The van der Waals surface area contributed by atoms with E-state index in [1.165, 1.54) is 5.56 Å². The highest BCUT2D eigenvalue weighted by atomic mass is 16.5. The zero-order chi connectivity index (χ0) is 17.7. The van der Waals surface area contributed by atoms with Gasteiger partial charge >= 0.3 is 0 Å². The quantitative estimate of drug-likeness (QED) is 0.848. The standard InChI is InChI=1S/C19H26N2O3/c1-13-8-9-16(11-14(13)2)24-15(3)19(22)20-12-17(21(4)5)18-7-6-10-23-18/h6-11,15,17H,12H2,1-5H3,(H,20,22). The third-order valence-electron chi connectivity index (χ3n) is 4.13. The van der Waals surface area contributed by atoms with Gasteiger partial charge in [-0.05, 0) is 70.3 Å². The van der Waals surface area contributed by atoms with E-state index in [9.17, 15) is 4.79 Å². The van der Waals surface area contributed by atoms with Crippen molar-refractivity contribution in [2.24, 2.45) is 0 Å². The summed E-state index contributed by atoms with van der Waals surface area (Å²) in [6.07, 6.45) is 1.07. The minimum Gasteiger partial charge on any atom is -0.481 e. The number of nitrogens with zero attached hydrogens (tertiary/aromatic N) is 1. The van der Waals surface area contributed by atoms with Crippen LogP contribution in [-0.4, -0.2) is 37.6 Å². The molecule has 1 N–H and O–H groups in total. The van der Waals surface area contributed by atoms with Crippen molar-refractivity contribution in [1.29, 1.82) is 0 Å². The maximum Gasteiger partial charge on any atom is 0.260 e. The van der Waals surface area contributed by atoms with Crippen molar-refractivity contribution in [3.05, 3.63) is 53.5 Å². The van der Waals surface area contributed by atoms with E-state index >= 15 is 0 Å². The fourth-order valence-electron chi connectivity index (χ4n) is 2.40. The predicted octanol–water partition coefficient (Wildman–Crippen LogP) is 3.08. The van der Waals surface area contributed by atoms with E-state index in [4.69, 9.17) is 9.15 Å². The van der Waals surface area contributed by atoms with Crippen molar-refractivity contribution in [3.8, 4) is 5.75 Å². The summed E-state index contributed by atoms with van der Waals surface area (Å²) in [6.45, 7) is 6.28. The number of hydrogen-bond donors (Lipinski definition) is 1. The van der Waals surface area contributed by atoms with Gasteiger partial charge in [-0.3, -0.25) is 9.69 Å². The van der Waals surface area contributed by atoms with Gasteiger partial charge in [-0.2, -0.15) is 0 Å². The lowest BCUT2D eigenvalue weighted by atomic mass is 10.1. The minimum atomic E-state index is -0.563. The van der Waals surface area contributed by atoms with Gasteiger partial charge < -0.3 is 14.5 Å². The number of hydrogen-bond acceptors (Lipinski definition) is 4. The number of carbonyl (C=O) groups excluding carboxylic acids is 1. The summed E-state index contributed by atoms with van der Waals surface area (Å²) >= 11 is 0. The first-order valence-corrected chi connectivity index (χ1v) is 8.10. The zero-order valence-corrected chi connectivity index (χ0v) is 15.0. The Hall–Kier alpha value is -2.27. The predicted molar refractivity (Wildman–Crippen MR) is 94.2 cm³/mol. The molecule has 5 heteroatoms. The molecule has 1 heterocycles. The number of benzene rings is 1. The number of carbonyl (C=O) groups is 1. The smallest absolute Gasteiger partial charge is 0.260 e. The van der Waals surface area contributed by atoms with E-state index in [-0.39, 0.29) is 11.9 Å². The van der Waals surface area contributed by atoms with E-state index in [0.717, 1.165) is 11.3 Å². The fourth-order valence-corrected chi connectivity index (χ4v) is 2.40. The molecule has 2 unspecified atom stereocenters. The number of ether oxygens (including phenoxy) is 1. The summed E-state index contributed by atoms with van der Waals surface area (Å²) in [5.41, 5.74) is 2.34. The molecule has 2 rings (SSSR count). The third kappa shape index (κ3) is 4.61. The molecule has 0 radical (unpaired) electrons. The Balaban J connectivity index is 1.92. The summed E-state index contributed by atoms with van der Waals surface area (Å²) in [6, 6.07) is 9.57. The largest absolute Gasteiger partial charge is 0.481 e. The molecule has 0 fully saturated rings. The summed E-state index contributed by atoms with van der Waals surface area (Å²) in [7, 11) is 3.91. The first kappa shape index (κ1) is 18.1. The lowest BCUT2D eigenvalue weighted by Crippen LogP contribution is -2.40. The first-order chi connectivity index (χ1) is 11.4. The highest BCUT2D eigenvalue weighted by Gasteiger charge is 2.20. The van der Waals surface area contributed by atoms with Gasteiger partial charge in [-0.15, -0.1) is 0 Å². The second-order valence-corrected chi connectivity index (χ2v) is 6.25. The molecule has 5 nitrogen and oxygen atoms in total. The van der Waals surface area contributed by atoms with Gasteiger partial charge in [-0.25, -0.2) is 0 Å². The molecule has 0 bridgehead atoms. The molecule has 0 saturated heterocycles. The second kappa shape index (κ2) is 8.02. The number of nitrogens with one attached hydrogen (secondary N) is 1.